The molecule has 0 radical (unpaired) electrons. The summed E-state index contributed by atoms with van der Waals surface area (Å²) in [6.07, 6.45) is -0.537. The summed E-state index contributed by atoms with van der Waals surface area (Å²) >= 11 is 0. The Morgan fingerprint density at radius 2 is 1.52 bits per heavy atom. The minimum Gasteiger partial charge on any atom is -0.497 e. The second-order valence-electron chi connectivity index (χ2n) is 6.45. The first-order valence-corrected chi connectivity index (χ1v) is 9.09. The van der Waals surface area contributed by atoms with Crippen molar-refractivity contribution in [3.05, 3.63) is 48.5 Å². The Labute approximate surface area is 160 Å². The SMILES string of the molecule is COc1ccc(N2CCN(C(=O)C(C)Oc3cccc(OC)c3)CC2)cc1. The number of carbonyl (C=O) groups is 1. The molecule has 144 valence electrons. The summed E-state index contributed by atoms with van der Waals surface area (Å²) in [5, 5.41) is 0. The van der Waals surface area contributed by atoms with Crippen LogP contribution in [0, 0.1) is 0 Å². The largest absolute Gasteiger partial charge is 0.497 e. The fraction of sp³-hybridized carbons (Fsp3) is 0.381. The van der Waals surface area contributed by atoms with Crippen molar-refractivity contribution in [1.82, 2.24) is 4.90 Å². The lowest BCUT2D eigenvalue weighted by Crippen LogP contribution is -2.52. The van der Waals surface area contributed by atoms with Crippen molar-refractivity contribution >= 4 is 11.6 Å². The summed E-state index contributed by atoms with van der Waals surface area (Å²) in [4.78, 5) is 16.9. The van der Waals surface area contributed by atoms with Gasteiger partial charge in [0.15, 0.2) is 6.10 Å². The second-order valence-corrected chi connectivity index (χ2v) is 6.45. The number of anilines is 1. The molecule has 0 saturated carbocycles. The number of piperazine rings is 1. The van der Waals surface area contributed by atoms with E-state index in [1.165, 1.54) is 0 Å². The van der Waals surface area contributed by atoms with Gasteiger partial charge in [0.1, 0.15) is 17.2 Å². The molecule has 1 aliphatic heterocycles. The van der Waals surface area contributed by atoms with Crippen LogP contribution in [0.25, 0.3) is 0 Å². The summed E-state index contributed by atoms with van der Waals surface area (Å²) in [6.45, 7) is 4.74. The molecule has 0 spiro atoms. The van der Waals surface area contributed by atoms with Crippen LogP contribution >= 0.6 is 0 Å². The van der Waals surface area contributed by atoms with E-state index in [-0.39, 0.29) is 5.91 Å². The molecule has 1 aliphatic rings. The van der Waals surface area contributed by atoms with Crippen molar-refractivity contribution in [3.8, 4) is 17.2 Å². The van der Waals surface area contributed by atoms with Gasteiger partial charge in [-0.15, -0.1) is 0 Å². The van der Waals surface area contributed by atoms with Crippen LogP contribution in [-0.2, 0) is 4.79 Å². The minimum absolute atomic E-state index is 0.00667. The first kappa shape index (κ1) is 18.9. The molecule has 0 bridgehead atoms. The molecule has 0 aliphatic carbocycles. The highest BCUT2D eigenvalue weighted by atomic mass is 16.5. The van der Waals surface area contributed by atoms with Crippen LogP contribution in [0.5, 0.6) is 17.2 Å². The third-order valence-electron chi connectivity index (χ3n) is 4.73. The van der Waals surface area contributed by atoms with Crippen molar-refractivity contribution in [2.24, 2.45) is 0 Å². The van der Waals surface area contributed by atoms with E-state index in [0.29, 0.717) is 24.6 Å². The fourth-order valence-electron chi connectivity index (χ4n) is 3.16. The summed E-state index contributed by atoms with van der Waals surface area (Å²) < 4.78 is 16.2. The van der Waals surface area contributed by atoms with Crippen molar-refractivity contribution in [2.45, 2.75) is 13.0 Å². The van der Waals surface area contributed by atoms with Crippen molar-refractivity contribution in [1.29, 1.82) is 0 Å². The van der Waals surface area contributed by atoms with E-state index in [0.717, 1.165) is 24.5 Å². The number of hydrogen-bond donors (Lipinski definition) is 0. The first-order chi connectivity index (χ1) is 13.1. The third kappa shape index (κ3) is 4.64. The van der Waals surface area contributed by atoms with Gasteiger partial charge in [-0.3, -0.25) is 4.79 Å². The average molecular weight is 370 g/mol. The van der Waals surface area contributed by atoms with E-state index in [1.54, 1.807) is 27.2 Å². The summed E-state index contributed by atoms with van der Waals surface area (Å²) in [5.74, 6) is 2.19. The average Bonchev–Trinajstić information content (AvgIpc) is 2.73. The Kier molecular flexibility index (Phi) is 6.06. The summed E-state index contributed by atoms with van der Waals surface area (Å²) in [5.41, 5.74) is 1.14. The number of amides is 1. The lowest BCUT2D eigenvalue weighted by molar-refractivity contribution is -0.138. The predicted octanol–water partition coefficient (Wildman–Crippen LogP) is 2.82. The van der Waals surface area contributed by atoms with Gasteiger partial charge in [0.05, 0.1) is 14.2 Å². The van der Waals surface area contributed by atoms with Crippen molar-refractivity contribution in [2.75, 3.05) is 45.3 Å². The molecule has 1 heterocycles. The Balaban J connectivity index is 1.54. The highest BCUT2D eigenvalue weighted by Gasteiger charge is 2.26. The molecule has 1 unspecified atom stereocenters. The van der Waals surface area contributed by atoms with Gasteiger partial charge in [0.2, 0.25) is 0 Å². The zero-order valence-electron chi connectivity index (χ0n) is 16.1. The zero-order valence-corrected chi connectivity index (χ0v) is 16.1. The lowest BCUT2D eigenvalue weighted by Gasteiger charge is -2.37. The number of ether oxygens (including phenoxy) is 3. The standard InChI is InChI=1S/C21H26N2O4/c1-16(27-20-6-4-5-19(15-20)26-3)21(24)23-13-11-22(12-14-23)17-7-9-18(25-2)10-8-17/h4-10,15-16H,11-14H2,1-3H3. The number of benzene rings is 2. The van der Waals surface area contributed by atoms with Crippen molar-refractivity contribution < 1.29 is 19.0 Å². The topological polar surface area (TPSA) is 51.2 Å². The lowest BCUT2D eigenvalue weighted by atomic mass is 10.2. The maximum Gasteiger partial charge on any atom is 0.263 e. The van der Waals surface area contributed by atoms with Crippen LogP contribution in [0.3, 0.4) is 0 Å². The minimum atomic E-state index is -0.537. The van der Waals surface area contributed by atoms with E-state index in [9.17, 15) is 4.79 Å². The van der Waals surface area contributed by atoms with Crippen LogP contribution in [0.4, 0.5) is 5.69 Å². The third-order valence-corrected chi connectivity index (χ3v) is 4.73. The van der Waals surface area contributed by atoms with Gasteiger partial charge in [0, 0.05) is 37.9 Å². The van der Waals surface area contributed by atoms with Gasteiger partial charge < -0.3 is 24.0 Å². The molecule has 6 nitrogen and oxygen atoms in total. The number of rotatable bonds is 6. The predicted molar refractivity (Wildman–Crippen MR) is 105 cm³/mol. The number of methoxy groups -OCH3 is 2. The normalized spacial score (nSPS) is 15.2. The summed E-state index contributed by atoms with van der Waals surface area (Å²) in [6, 6.07) is 15.3. The van der Waals surface area contributed by atoms with Gasteiger partial charge in [-0.1, -0.05) is 6.07 Å². The number of carbonyl (C=O) groups excluding carboxylic acids is 1. The molecule has 1 atom stereocenters. The molecule has 2 aromatic carbocycles. The molecule has 1 amide bonds. The molecule has 3 rings (SSSR count). The maximum atomic E-state index is 12.7. The van der Waals surface area contributed by atoms with Crippen molar-refractivity contribution in [3.63, 3.8) is 0 Å². The monoisotopic (exact) mass is 370 g/mol. The smallest absolute Gasteiger partial charge is 0.263 e. The Hall–Kier alpha value is -2.89. The van der Waals surface area contributed by atoms with Crippen LogP contribution in [-0.4, -0.2) is 57.3 Å². The second kappa shape index (κ2) is 8.66. The number of hydrogen-bond acceptors (Lipinski definition) is 5. The zero-order chi connectivity index (χ0) is 19.2. The molecule has 1 fully saturated rings. The van der Waals surface area contributed by atoms with Gasteiger partial charge in [-0.2, -0.15) is 0 Å². The van der Waals surface area contributed by atoms with Crippen LogP contribution in [0.15, 0.2) is 48.5 Å². The van der Waals surface area contributed by atoms with Crippen LogP contribution < -0.4 is 19.1 Å². The quantitative estimate of drug-likeness (QED) is 0.783. The molecule has 2 aromatic rings. The van der Waals surface area contributed by atoms with Crippen LogP contribution in [0.1, 0.15) is 6.92 Å². The van der Waals surface area contributed by atoms with E-state index in [2.05, 4.69) is 4.90 Å². The molecule has 27 heavy (non-hydrogen) atoms. The maximum absolute atomic E-state index is 12.7. The highest BCUT2D eigenvalue weighted by Crippen LogP contribution is 2.22. The first-order valence-electron chi connectivity index (χ1n) is 9.09. The van der Waals surface area contributed by atoms with Crippen LogP contribution in [0.2, 0.25) is 0 Å². The molecule has 1 saturated heterocycles. The number of nitrogens with zero attached hydrogens (tertiary/aromatic N) is 2. The van der Waals surface area contributed by atoms with Gasteiger partial charge in [-0.05, 0) is 43.3 Å². The Morgan fingerprint density at radius 3 is 2.15 bits per heavy atom. The van der Waals surface area contributed by atoms with Gasteiger partial charge in [-0.25, -0.2) is 0 Å². The fourth-order valence-corrected chi connectivity index (χ4v) is 3.16. The van der Waals surface area contributed by atoms with E-state index in [4.69, 9.17) is 14.2 Å². The molecule has 0 N–H and O–H groups in total. The van der Waals surface area contributed by atoms with E-state index < -0.39 is 6.10 Å². The van der Waals surface area contributed by atoms with E-state index in [1.807, 2.05) is 47.4 Å². The molecular formula is C21H26N2O4. The highest BCUT2D eigenvalue weighted by molar-refractivity contribution is 5.81. The van der Waals surface area contributed by atoms with E-state index >= 15 is 0 Å². The molecule has 6 heteroatoms. The Bertz CT molecular complexity index is 755. The Morgan fingerprint density at radius 1 is 0.889 bits per heavy atom. The van der Waals surface area contributed by atoms with Gasteiger partial charge in [0.25, 0.3) is 5.91 Å². The summed E-state index contributed by atoms with van der Waals surface area (Å²) in [7, 11) is 3.27. The van der Waals surface area contributed by atoms with Gasteiger partial charge >= 0.3 is 0 Å². The molecule has 0 aromatic heterocycles. The molecular weight excluding hydrogens is 344 g/mol.